The Morgan fingerprint density at radius 3 is 2.76 bits per heavy atom. The van der Waals surface area contributed by atoms with Crippen LogP contribution in [0.2, 0.25) is 5.02 Å². The summed E-state index contributed by atoms with van der Waals surface area (Å²) in [5.41, 5.74) is 2.12. The molecule has 1 fully saturated rings. The molecule has 0 aliphatic carbocycles. The Morgan fingerprint density at radius 2 is 1.97 bits per heavy atom. The summed E-state index contributed by atoms with van der Waals surface area (Å²) >= 11 is 7.44. The van der Waals surface area contributed by atoms with Gasteiger partial charge in [-0.25, -0.2) is 4.98 Å². The molecule has 2 aliphatic rings. The molecule has 0 radical (unpaired) electrons. The summed E-state index contributed by atoms with van der Waals surface area (Å²) in [5, 5.41) is 17.1. The van der Waals surface area contributed by atoms with Crippen LogP contribution in [0.5, 0.6) is 0 Å². The van der Waals surface area contributed by atoms with Crippen LogP contribution < -0.4 is 10.6 Å². The number of rotatable bonds is 5. The number of nitrogens with zero attached hydrogens (tertiary/aromatic N) is 3. The third kappa shape index (κ3) is 5.91. The number of amides is 3. The van der Waals surface area contributed by atoms with Crippen LogP contribution in [-0.2, 0) is 17.8 Å². The lowest BCUT2D eigenvalue weighted by atomic mass is 9.98. The minimum atomic E-state index is -0.609. The fraction of sp³-hybridized carbons (Fsp3) is 0.417. The SMILES string of the molecule is CN1CCc2nc(C(=O)NC3CN(C(=O)CO)CCC3NC(=O)c3cc4cc(Cl)ccc4[nH]3)sc2C1.Cl. The monoisotopic (exact) mass is 566 g/mol. The summed E-state index contributed by atoms with van der Waals surface area (Å²) in [4.78, 5) is 50.8. The van der Waals surface area contributed by atoms with Crippen LogP contribution in [0.4, 0.5) is 0 Å². The Balaban J connectivity index is 0.00000320. The number of fused-ring (bicyclic) bond motifs is 2. The smallest absolute Gasteiger partial charge is 0.280 e. The molecule has 4 heterocycles. The van der Waals surface area contributed by atoms with Crippen LogP contribution in [0.1, 0.15) is 37.3 Å². The van der Waals surface area contributed by atoms with Crippen molar-refractivity contribution in [2.24, 2.45) is 0 Å². The molecule has 37 heavy (non-hydrogen) atoms. The first-order chi connectivity index (χ1) is 17.3. The van der Waals surface area contributed by atoms with Gasteiger partial charge in [-0.1, -0.05) is 11.6 Å². The molecule has 10 nitrogen and oxygen atoms in total. The molecule has 1 aromatic carbocycles. The number of likely N-dealkylation sites (N-methyl/N-ethyl adjacent to an activating group) is 1. The molecule has 198 valence electrons. The minimum absolute atomic E-state index is 0. The van der Waals surface area contributed by atoms with Crippen molar-refractivity contribution in [1.29, 1.82) is 0 Å². The summed E-state index contributed by atoms with van der Waals surface area (Å²) in [6.07, 6.45) is 1.22. The third-order valence-electron chi connectivity index (χ3n) is 6.68. The molecule has 13 heteroatoms. The van der Waals surface area contributed by atoms with Crippen LogP contribution in [0.25, 0.3) is 10.9 Å². The number of aromatic amines is 1. The zero-order valence-corrected chi connectivity index (χ0v) is 22.5. The Hall–Kier alpha value is -2.70. The van der Waals surface area contributed by atoms with Gasteiger partial charge in [-0.3, -0.25) is 14.4 Å². The van der Waals surface area contributed by atoms with E-state index in [4.69, 9.17) is 11.6 Å². The van der Waals surface area contributed by atoms with Crippen LogP contribution in [-0.4, -0.2) is 88.0 Å². The average Bonchev–Trinajstić information content (AvgIpc) is 3.48. The highest BCUT2D eigenvalue weighted by Crippen LogP contribution is 2.25. The van der Waals surface area contributed by atoms with Gasteiger partial charge in [0.1, 0.15) is 12.3 Å². The van der Waals surface area contributed by atoms with Crippen LogP contribution >= 0.6 is 35.3 Å². The van der Waals surface area contributed by atoms with Gasteiger partial charge in [0.2, 0.25) is 5.91 Å². The van der Waals surface area contributed by atoms with Crippen molar-refractivity contribution in [2.75, 3.05) is 33.3 Å². The first kappa shape index (κ1) is 27.3. The maximum atomic E-state index is 13.1. The van der Waals surface area contributed by atoms with Gasteiger partial charge in [0.05, 0.1) is 17.8 Å². The molecule has 5 rings (SSSR count). The standard InChI is InChI=1S/C24H27ClN6O4S.ClH/c1-30-6-4-17-20(11-30)36-24(29-17)23(35)28-19-10-31(21(33)12-32)7-5-16(19)27-22(34)18-9-13-8-14(25)2-3-15(13)26-18;/h2-3,8-9,16,19,26,32H,4-7,10-12H2,1H3,(H,27,34)(H,28,35);1H. The number of likely N-dealkylation sites (tertiary alicyclic amines) is 1. The van der Waals surface area contributed by atoms with Crippen molar-refractivity contribution in [1.82, 2.24) is 30.4 Å². The van der Waals surface area contributed by atoms with E-state index in [9.17, 15) is 19.5 Å². The largest absolute Gasteiger partial charge is 0.387 e. The quantitative estimate of drug-likeness (QED) is 0.372. The molecule has 2 atom stereocenters. The molecule has 0 bridgehead atoms. The summed E-state index contributed by atoms with van der Waals surface area (Å²) in [6.45, 7) is 1.58. The van der Waals surface area contributed by atoms with Gasteiger partial charge in [-0.05, 0) is 37.7 Å². The number of carbonyl (C=O) groups is 3. The number of nitrogens with one attached hydrogen (secondary N) is 3. The summed E-state index contributed by atoms with van der Waals surface area (Å²) in [6, 6.07) is 6.09. The number of carbonyl (C=O) groups excluding carboxylic acids is 3. The van der Waals surface area contributed by atoms with Gasteiger partial charge in [0.15, 0.2) is 5.01 Å². The first-order valence-electron chi connectivity index (χ1n) is 11.8. The lowest BCUT2D eigenvalue weighted by Gasteiger charge is -2.38. The van der Waals surface area contributed by atoms with Crippen molar-refractivity contribution in [3.63, 3.8) is 0 Å². The van der Waals surface area contributed by atoms with E-state index in [1.54, 1.807) is 18.2 Å². The molecule has 4 N–H and O–H groups in total. The number of aliphatic hydroxyl groups is 1. The second kappa shape index (κ2) is 11.4. The number of H-pyrrole nitrogens is 1. The average molecular weight is 567 g/mol. The predicted molar refractivity (Wildman–Crippen MR) is 143 cm³/mol. The van der Waals surface area contributed by atoms with Crippen molar-refractivity contribution in [3.8, 4) is 0 Å². The zero-order valence-electron chi connectivity index (χ0n) is 20.1. The van der Waals surface area contributed by atoms with Gasteiger partial charge in [0, 0.05) is 53.4 Å². The van der Waals surface area contributed by atoms with Crippen molar-refractivity contribution in [3.05, 3.63) is 50.6 Å². The second-order valence-electron chi connectivity index (χ2n) is 9.24. The van der Waals surface area contributed by atoms with Gasteiger partial charge in [-0.15, -0.1) is 23.7 Å². The zero-order chi connectivity index (χ0) is 25.4. The van der Waals surface area contributed by atoms with Crippen molar-refractivity contribution < 1.29 is 19.5 Å². The summed E-state index contributed by atoms with van der Waals surface area (Å²) in [7, 11) is 2.03. The van der Waals surface area contributed by atoms with Crippen LogP contribution in [0.15, 0.2) is 24.3 Å². The Bertz CT molecular complexity index is 1330. The third-order valence-corrected chi connectivity index (χ3v) is 7.99. The first-order valence-corrected chi connectivity index (χ1v) is 13.0. The molecular formula is C24H28Cl2N6O4S. The van der Waals surface area contributed by atoms with Crippen LogP contribution in [0.3, 0.4) is 0 Å². The lowest BCUT2D eigenvalue weighted by Crippen LogP contribution is -2.61. The fourth-order valence-corrected chi connectivity index (χ4v) is 5.99. The number of piperidine rings is 1. The molecule has 0 saturated carbocycles. The normalized spacial score (nSPS) is 19.7. The molecule has 0 spiro atoms. The lowest BCUT2D eigenvalue weighted by molar-refractivity contribution is -0.135. The highest BCUT2D eigenvalue weighted by molar-refractivity contribution is 7.13. The van der Waals surface area contributed by atoms with Gasteiger partial charge < -0.3 is 30.5 Å². The van der Waals surface area contributed by atoms with Crippen LogP contribution in [0, 0.1) is 0 Å². The van der Waals surface area contributed by atoms with E-state index in [0.29, 0.717) is 28.7 Å². The molecule has 3 aromatic rings. The summed E-state index contributed by atoms with van der Waals surface area (Å²) < 4.78 is 0. The number of hydrogen-bond donors (Lipinski definition) is 4. The molecular weight excluding hydrogens is 539 g/mol. The molecule has 1 saturated heterocycles. The fourth-order valence-electron chi connectivity index (χ4n) is 4.72. The topological polar surface area (TPSA) is 131 Å². The van der Waals surface area contributed by atoms with Gasteiger partial charge >= 0.3 is 0 Å². The second-order valence-corrected chi connectivity index (χ2v) is 10.8. The summed E-state index contributed by atoms with van der Waals surface area (Å²) in [5.74, 6) is -1.07. The van der Waals surface area contributed by atoms with Gasteiger partial charge in [-0.2, -0.15) is 0 Å². The molecule has 2 aliphatic heterocycles. The number of aliphatic hydroxyl groups excluding tert-OH is 1. The van der Waals surface area contributed by atoms with E-state index in [1.165, 1.54) is 16.2 Å². The number of benzene rings is 1. The molecule has 3 amide bonds. The van der Waals surface area contributed by atoms with Gasteiger partial charge in [0.25, 0.3) is 11.8 Å². The van der Waals surface area contributed by atoms with E-state index in [0.717, 1.165) is 41.0 Å². The molecule has 2 unspecified atom stereocenters. The van der Waals surface area contributed by atoms with E-state index in [-0.39, 0.29) is 30.8 Å². The number of halogens is 2. The van der Waals surface area contributed by atoms with Crippen molar-refractivity contribution >= 4 is 64.0 Å². The van der Waals surface area contributed by atoms with E-state index < -0.39 is 24.6 Å². The number of hydrogen-bond acceptors (Lipinski definition) is 7. The Kier molecular flexibility index (Phi) is 8.39. The number of aromatic nitrogens is 2. The van der Waals surface area contributed by atoms with Crippen molar-refractivity contribution in [2.45, 2.75) is 31.5 Å². The highest BCUT2D eigenvalue weighted by Gasteiger charge is 2.34. The number of thiazole rings is 1. The minimum Gasteiger partial charge on any atom is -0.387 e. The Morgan fingerprint density at radius 1 is 1.19 bits per heavy atom. The maximum absolute atomic E-state index is 13.1. The van der Waals surface area contributed by atoms with E-state index >= 15 is 0 Å². The molecule has 2 aromatic heterocycles. The van der Waals surface area contributed by atoms with E-state index in [1.807, 2.05) is 13.1 Å². The maximum Gasteiger partial charge on any atom is 0.280 e. The highest BCUT2D eigenvalue weighted by atomic mass is 35.5. The van der Waals surface area contributed by atoms with E-state index in [2.05, 4.69) is 25.5 Å². The Labute approximate surface area is 228 Å². The predicted octanol–water partition coefficient (Wildman–Crippen LogP) is 1.81.